The van der Waals surface area contributed by atoms with Crippen molar-refractivity contribution in [3.63, 3.8) is 0 Å². The Hall–Kier alpha value is -4.90. The molecule has 3 aromatic carbocycles. The van der Waals surface area contributed by atoms with Gasteiger partial charge in [-0.15, -0.1) is 0 Å². The molecule has 0 aromatic heterocycles. The van der Waals surface area contributed by atoms with Gasteiger partial charge in [0.2, 0.25) is 0 Å². The summed E-state index contributed by atoms with van der Waals surface area (Å²) in [5.74, 6) is 0.719. The summed E-state index contributed by atoms with van der Waals surface area (Å²) >= 11 is 2.12. The lowest BCUT2D eigenvalue weighted by Crippen LogP contribution is -2.45. The number of hydrazone groups is 1. The molecule has 0 unspecified atom stereocenters. The molecule has 2 amide bonds. The Balaban J connectivity index is 1.34. The number of carbonyl (C=O) groups is 2. The van der Waals surface area contributed by atoms with E-state index >= 15 is 0 Å². The van der Waals surface area contributed by atoms with Gasteiger partial charge in [-0.2, -0.15) is 5.10 Å². The van der Waals surface area contributed by atoms with Gasteiger partial charge in [0, 0.05) is 17.8 Å². The third kappa shape index (κ3) is 8.85. The summed E-state index contributed by atoms with van der Waals surface area (Å²) in [4.78, 5) is 35.1. The van der Waals surface area contributed by atoms with Crippen molar-refractivity contribution in [2.24, 2.45) is 5.10 Å². The lowest BCUT2D eigenvalue weighted by Gasteiger charge is -2.28. The molecule has 3 aromatic rings. The summed E-state index contributed by atoms with van der Waals surface area (Å²) in [5.41, 5.74) is 5.23. The number of nitro benzene ring substituents is 1. The van der Waals surface area contributed by atoms with E-state index in [4.69, 9.17) is 18.9 Å². The van der Waals surface area contributed by atoms with E-state index in [0.717, 1.165) is 9.13 Å². The van der Waals surface area contributed by atoms with Gasteiger partial charge < -0.3 is 34.7 Å². The molecule has 0 radical (unpaired) electrons. The highest BCUT2D eigenvalue weighted by Crippen LogP contribution is 2.35. The van der Waals surface area contributed by atoms with Crippen molar-refractivity contribution in [3.8, 4) is 17.2 Å². The molecule has 0 aliphatic carbocycles. The quantitative estimate of drug-likeness (QED) is 0.0464. The number of allylic oxidation sites excluding steroid dienone is 1. The maximum absolute atomic E-state index is 12.4. The van der Waals surface area contributed by atoms with E-state index in [1.54, 1.807) is 56.3 Å². The number of aliphatic hydroxyl groups is 1. The second-order valence-electron chi connectivity index (χ2n) is 9.82. The number of hydrogen-bond acceptors (Lipinski definition) is 11. The molecule has 46 heavy (non-hydrogen) atoms. The smallest absolute Gasteiger partial charge is 0.337 e. The Morgan fingerprint density at radius 3 is 2.63 bits per heavy atom. The number of methoxy groups -OCH3 is 1. The van der Waals surface area contributed by atoms with Crippen molar-refractivity contribution in [1.82, 2.24) is 16.1 Å². The first-order valence-electron chi connectivity index (χ1n) is 14.0. The first-order chi connectivity index (χ1) is 22.1. The number of hydrogen-bond donors (Lipinski definition) is 4. The molecule has 4 N–H and O–H groups in total. The fourth-order valence-corrected chi connectivity index (χ4v) is 5.15. The number of esters is 1. The van der Waals surface area contributed by atoms with Crippen LogP contribution in [0.4, 0.5) is 10.5 Å². The van der Waals surface area contributed by atoms with Crippen LogP contribution in [0.3, 0.4) is 0 Å². The summed E-state index contributed by atoms with van der Waals surface area (Å²) in [6, 6.07) is 15.4. The number of halogens is 1. The molecule has 0 saturated carbocycles. The average Bonchev–Trinajstić information content (AvgIpc) is 3.03. The standard InChI is InChI=1S/C31H32IN5O9/c1-4-44-26-14-21(29-28(30(39)43-3)18(2)34-31(40)35-29)9-11-25(26)46-17-27(38)36-33-15-19-8-10-24(23(32)13-19)45-16-20-6-5-7-22(12-20)37(41)42/h5-15,27,29,36,38H,4,16-17H2,1-3H3,(H2,34,35,40)/b33-15-/t27-,29+/m1/s1. The van der Waals surface area contributed by atoms with E-state index in [1.165, 1.54) is 25.5 Å². The number of ether oxygens (including phenoxy) is 4. The molecule has 0 bridgehead atoms. The van der Waals surface area contributed by atoms with E-state index in [-0.39, 0.29) is 24.5 Å². The first kappa shape index (κ1) is 34.0. The third-order valence-corrected chi connectivity index (χ3v) is 7.42. The van der Waals surface area contributed by atoms with Crippen molar-refractivity contribution in [1.29, 1.82) is 0 Å². The van der Waals surface area contributed by atoms with Gasteiger partial charge in [-0.1, -0.05) is 18.2 Å². The number of carbonyl (C=O) groups excluding carboxylic acids is 2. The molecule has 1 heterocycles. The number of aliphatic hydroxyl groups excluding tert-OH is 1. The van der Waals surface area contributed by atoms with Crippen LogP contribution in [0.25, 0.3) is 0 Å². The molecule has 0 saturated heterocycles. The summed E-state index contributed by atoms with van der Waals surface area (Å²) in [6.45, 7) is 3.74. The zero-order valence-corrected chi connectivity index (χ0v) is 27.3. The van der Waals surface area contributed by atoms with E-state index in [2.05, 4.69) is 43.8 Å². The lowest BCUT2D eigenvalue weighted by atomic mass is 9.95. The van der Waals surface area contributed by atoms with Crippen molar-refractivity contribution in [2.45, 2.75) is 32.7 Å². The Morgan fingerprint density at radius 1 is 1.13 bits per heavy atom. The Morgan fingerprint density at radius 2 is 1.91 bits per heavy atom. The number of nitrogens with zero attached hydrogens (tertiary/aromatic N) is 2. The molecule has 15 heteroatoms. The maximum Gasteiger partial charge on any atom is 0.337 e. The zero-order chi connectivity index (χ0) is 33.2. The van der Waals surface area contributed by atoms with Gasteiger partial charge in [0.05, 0.1) is 40.0 Å². The topological polar surface area (TPSA) is 183 Å². The predicted octanol–water partition coefficient (Wildman–Crippen LogP) is 4.30. The van der Waals surface area contributed by atoms with Gasteiger partial charge in [-0.05, 0) is 83.5 Å². The van der Waals surface area contributed by atoms with Gasteiger partial charge in [0.1, 0.15) is 19.0 Å². The third-order valence-electron chi connectivity index (χ3n) is 6.58. The zero-order valence-electron chi connectivity index (χ0n) is 25.1. The van der Waals surface area contributed by atoms with E-state index < -0.39 is 29.2 Å². The molecule has 242 valence electrons. The van der Waals surface area contributed by atoms with Gasteiger partial charge in [-0.25, -0.2) is 9.59 Å². The molecule has 14 nitrogen and oxygen atoms in total. The predicted molar refractivity (Wildman–Crippen MR) is 176 cm³/mol. The van der Waals surface area contributed by atoms with Crippen molar-refractivity contribution < 1.29 is 38.6 Å². The van der Waals surface area contributed by atoms with Gasteiger partial charge in [0.15, 0.2) is 17.7 Å². The number of nitro groups is 1. The minimum Gasteiger partial charge on any atom is -0.490 e. The maximum atomic E-state index is 12.4. The summed E-state index contributed by atoms with van der Waals surface area (Å²) in [5, 5.41) is 30.8. The van der Waals surface area contributed by atoms with E-state index in [1.807, 2.05) is 6.07 Å². The highest BCUT2D eigenvalue weighted by Gasteiger charge is 2.32. The number of nitrogens with one attached hydrogen (secondary N) is 3. The molecule has 0 spiro atoms. The molecule has 1 aliphatic heterocycles. The molecular formula is C31H32IN5O9. The fraction of sp³-hybridized carbons (Fsp3) is 0.258. The molecule has 0 fully saturated rings. The van der Waals surface area contributed by atoms with Crippen LogP contribution < -0.4 is 30.3 Å². The van der Waals surface area contributed by atoms with Gasteiger partial charge >= 0.3 is 12.0 Å². The van der Waals surface area contributed by atoms with Crippen LogP contribution in [0.5, 0.6) is 17.2 Å². The summed E-state index contributed by atoms with van der Waals surface area (Å²) in [6.07, 6.45) is 0.361. The Kier molecular flexibility index (Phi) is 11.7. The molecule has 2 atom stereocenters. The number of rotatable bonds is 14. The van der Waals surface area contributed by atoms with Crippen LogP contribution in [-0.4, -0.2) is 54.8 Å². The van der Waals surface area contributed by atoms with E-state index in [0.29, 0.717) is 40.7 Å². The number of amides is 2. The normalized spacial score (nSPS) is 15.1. The number of urea groups is 1. The fourth-order valence-electron chi connectivity index (χ4n) is 4.46. The van der Waals surface area contributed by atoms with Crippen LogP contribution in [0.15, 0.2) is 77.0 Å². The van der Waals surface area contributed by atoms with Crippen molar-refractivity contribution >= 4 is 46.5 Å². The molecular weight excluding hydrogens is 713 g/mol. The average molecular weight is 746 g/mol. The first-order valence-corrected chi connectivity index (χ1v) is 15.1. The molecule has 4 rings (SSSR count). The van der Waals surface area contributed by atoms with Crippen LogP contribution >= 0.6 is 22.6 Å². The van der Waals surface area contributed by atoms with Crippen LogP contribution in [0, 0.1) is 13.7 Å². The molecule has 1 aliphatic rings. The van der Waals surface area contributed by atoms with E-state index in [9.17, 15) is 24.8 Å². The number of benzene rings is 3. The van der Waals surface area contributed by atoms with Crippen LogP contribution in [-0.2, 0) is 16.1 Å². The highest BCUT2D eigenvalue weighted by atomic mass is 127. The lowest BCUT2D eigenvalue weighted by molar-refractivity contribution is -0.384. The second-order valence-corrected chi connectivity index (χ2v) is 11.0. The Labute approximate surface area is 278 Å². The van der Waals surface area contributed by atoms with Gasteiger partial charge in [0.25, 0.3) is 5.69 Å². The monoisotopic (exact) mass is 745 g/mol. The number of non-ortho nitro benzene ring substituents is 1. The largest absolute Gasteiger partial charge is 0.490 e. The Bertz CT molecular complexity index is 1660. The van der Waals surface area contributed by atoms with Gasteiger partial charge in [-0.3, -0.25) is 15.5 Å². The van der Waals surface area contributed by atoms with Crippen LogP contribution in [0.1, 0.15) is 36.6 Å². The van der Waals surface area contributed by atoms with Crippen molar-refractivity contribution in [2.75, 3.05) is 20.3 Å². The summed E-state index contributed by atoms with van der Waals surface area (Å²) < 4.78 is 23.1. The van der Waals surface area contributed by atoms with Crippen molar-refractivity contribution in [3.05, 3.63) is 102 Å². The SMILES string of the molecule is CCOc1cc([C@@H]2NC(=O)NC(C)=C2C(=O)OC)ccc1OC[C@@H](O)N/N=C\c1ccc(OCc2cccc([N+](=O)[O-])c2)c(I)c1. The minimum atomic E-state index is -1.16. The van der Waals surface area contributed by atoms with Crippen LogP contribution in [0.2, 0.25) is 0 Å². The minimum absolute atomic E-state index is 0.00211. The second kappa shape index (κ2) is 15.9. The highest BCUT2D eigenvalue weighted by molar-refractivity contribution is 14.1. The summed E-state index contributed by atoms with van der Waals surface area (Å²) in [7, 11) is 1.27.